The van der Waals surface area contributed by atoms with Crippen LogP contribution in [0, 0.1) is 0 Å². The minimum Gasteiger partial charge on any atom is -0.450 e. The number of rotatable bonds is 5. The van der Waals surface area contributed by atoms with E-state index in [2.05, 4.69) is 0 Å². The Labute approximate surface area is 155 Å². The van der Waals surface area contributed by atoms with E-state index < -0.39 is 16.3 Å². The van der Waals surface area contributed by atoms with Crippen molar-refractivity contribution in [2.75, 3.05) is 79.6 Å². The summed E-state index contributed by atoms with van der Waals surface area (Å²) in [6, 6.07) is 0. The Morgan fingerprint density at radius 1 is 0.885 bits per heavy atom. The van der Waals surface area contributed by atoms with E-state index in [-0.39, 0.29) is 19.0 Å². The maximum absolute atomic E-state index is 12.8. The van der Waals surface area contributed by atoms with Crippen molar-refractivity contribution in [2.24, 2.45) is 0 Å². The molecule has 0 spiro atoms. The predicted octanol–water partition coefficient (Wildman–Crippen LogP) is -1.29. The van der Waals surface area contributed by atoms with E-state index in [0.29, 0.717) is 52.4 Å². The molecule has 26 heavy (non-hydrogen) atoms. The van der Waals surface area contributed by atoms with Crippen molar-refractivity contribution in [1.82, 2.24) is 23.3 Å². The van der Waals surface area contributed by atoms with Crippen molar-refractivity contribution in [3.8, 4) is 0 Å². The van der Waals surface area contributed by atoms with Gasteiger partial charge >= 0.3 is 6.09 Å². The molecule has 2 aliphatic rings. The first kappa shape index (κ1) is 20.9. The molecule has 0 atom stereocenters. The summed E-state index contributed by atoms with van der Waals surface area (Å²) in [5.41, 5.74) is 0. The monoisotopic (exact) mass is 391 g/mol. The zero-order chi connectivity index (χ0) is 19.3. The van der Waals surface area contributed by atoms with Crippen LogP contribution in [-0.2, 0) is 19.7 Å². The zero-order valence-electron chi connectivity index (χ0n) is 15.8. The van der Waals surface area contributed by atoms with Crippen LogP contribution < -0.4 is 0 Å². The summed E-state index contributed by atoms with van der Waals surface area (Å²) in [6.45, 7) is 4.88. The second-order valence-corrected chi connectivity index (χ2v) is 8.54. The SMILES string of the molecule is CCOC(=O)N1CCN(S(=O)(=O)N2CCN(C(=O)CN(C)C)CC2)CC1. The van der Waals surface area contributed by atoms with Crippen LogP contribution in [0.5, 0.6) is 0 Å². The van der Waals surface area contributed by atoms with Gasteiger partial charge in [-0.25, -0.2) is 4.79 Å². The average Bonchev–Trinajstić information content (AvgIpc) is 2.61. The summed E-state index contributed by atoms with van der Waals surface area (Å²) in [6.07, 6.45) is -0.405. The molecule has 2 amide bonds. The number of hydrogen-bond acceptors (Lipinski definition) is 6. The fourth-order valence-electron chi connectivity index (χ4n) is 3.02. The van der Waals surface area contributed by atoms with Crippen LogP contribution in [0.4, 0.5) is 4.79 Å². The van der Waals surface area contributed by atoms with E-state index >= 15 is 0 Å². The van der Waals surface area contributed by atoms with Gasteiger partial charge in [-0.05, 0) is 21.0 Å². The molecular formula is C15H29N5O5S. The summed E-state index contributed by atoms with van der Waals surface area (Å²) in [5, 5.41) is 0. The molecule has 10 nitrogen and oxygen atoms in total. The van der Waals surface area contributed by atoms with Crippen molar-refractivity contribution in [3.05, 3.63) is 0 Å². The fraction of sp³-hybridized carbons (Fsp3) is 0.867. The van der Waals surface area contributed by atoms with Gasteiger partial charge in [0.2, 0.25) is 5.91 Å². The number of nitrogens with zero attached hydrogens (tertiary/aromatic N) is 5. The van der Waals surface area contributed by atoms with Gasteiger partial charge in [-0.3, -0.25) is 4.79 Å². The topological polar surface area (TPSA) is 93.7 Å². The molecule has 0 N–H and O–H groups in total. The van der Waals surface area contributed by atoms with Gasteiger partial charge in [-0.2, -0.15) is 17.0 Å². The van der Waals surface area contributed by atoms with E-state index in [1.165, 1.54) is 13.5 Å². The normalized spacial score (nSPS) is 20.5. The first-order valence-electron chi connectivity index (χ1n) is 8.85. The standard InChI is InChI=1S/C15H29N5O5S/c1-4-25-15(22)18-7-11-20(12-8-18)26(23,24)19-9-5-17(6-10-19)14(21)13-16(2)3/h4-13H2,1-3H3. The molecule has 11 heteroatoms. The lowest BCUT2D eigenvalue weighted by molar-refractivity contribution is -0.133. The molecule has 2 rings (SSSR count). The quantitative estimate of drug-likeness (QED) is 0.579. The van der Waals surface area contributed by atoms with Crippen LogP contribution in [0.25, 0.3) is 0 Å². The molecule has 2 heterocycles. The Morgan fingerprint density at radius 3 is 1.77 bits per heavy atom. The highest BCUT2D eigenvalue weighted by Gasteiger charge is 2.36. The summed E-state index contributed by atoms with van der Waals surface area (Å²) >= 11 is 0. The van der Waals surface area contributed by atoms with Gasteiger partial charge in [0.1, 0.15) is 0 Å². The highest BCUT2D eigenvalue weighted by Crippen LogP contribution is 2.15. The number of ether oxygens (including phenoxy) is 1. The average molecular weight is 391 g/mol. The van der Waals surface area contributed by atoms with Crippen molar-refractivity contribution < 1.29 is 22.7 Å². The Bertz CT molecular complexity index is 596. The maximum Gasteiger partial charge on any atom is 0.409 e. The zero-order valence-corrected chi connectivity index (χ0v) is 16.6. The van der Waals surface area contributed by atoms with Gasteiger partial charge in [-0.15, -0.1) is 0 Å². The molecule has 2 aliphatic heterocycles. The maximum atomic E-state index is 12.8. The Morgan fingerprint density at radius 2 is 1.35 bits per heavy atom. The second-order valence-electron chi connectivity index (χ2n) is 6.61. The van der Waals surface area contributed by atoms with Gasteiger partial charge in [-0.1, -0.05) is 0 Å². The second kappa shape index (κ2) is 8.98. The van der Waals surface area contributed by atoms with Crippen molar-refractivity contribution >= 4 is 22.2 Å². The van der Waals surface area contributed by atoms with Gasteiger partial charge in [0.15, 0.2) is 0 Å². The van der Waals surface area contributed by atoms with Gasteiger partial charge < -0.3 is 19.4 Å². The first-order chi connectivity index (χ1) is 12.3. The Balaban J connectivity index is 1.86. The molecule has 0 saturated carbocycles. The number of piperazine rings is 2. The van der Waals surface area contributed by atoms with Gasteiger partial charge in [0.25, 0.3) is 10.2 Å². The lowest BCUT2D eigenvalue weighted by atomic mass is 10.3. The van der Waals surface area contributed by atoms with Crippen LogP contribution in [0.15, 0.2) is 0 Å². The van der Waals surface area contributed by atoms with Crippen LogP contribution >= 0.6 is 0 Å². The van der Waals surface area contributed by atoms with Crippen LogP contribution in [0.1, 0.15) is 6.92 Å². The van der Waals surface area contributed by atoms with Crippen molar-refractivity contribution in [2.45, 2.75) is 6.92 Å². The Kier molecular flexibility index (Phi) is 7.21. The van der Waals surface area contributed by atoms with Crippen LogP contribution in [-0.4, -0.2) is 123 Å². The third kappa shape index (κ3) is 5.06. The molecule has 0 aliphatic carbocycles. The molecule has 0 aromatic rings. The minimum absolute atomic E-state index is 0.00935. The number of likely N-dealkylation sites (N-methyl/N-ethyl adjacent to an activating group) is 1. The third-order valence-electron chi connectivity index (χ3n) is 4.46. The minimum atomic E-state index is -3.58. The number of carbonyl (C=O) groups is 2. The molecule has 0 unspecified atom stereocenters. The fourth-order valence-corrected chi connectivity index (χ4v) is 4.59. The van der Waals surface area contributed by atoms with Crippen molar-refractivity contribution in [1.29, 1.82) is 0 Å². The predicted molar refractivity (Wildman–Crippen MR) is 95.8 cm³/mol. The molecule has 2 saturated heterocycles. The number of amides is 2. The Hall–Kier alpha value is -1.43. The molecule has 0 bridgehead atoms. The summed E-state index contributed by atoms with van der Waals surface area (Å²) < 4.78 is 33.4. The number of hydrogen-bond donors (Lipinski definition) is 0. The van der Waals surface area contributed by atoms with E-state index in [1.54, 1.807) is 16.7 Å². The smallest absolute Gasteiger partial charge is 0.409 e. The molecule has 2 fully saturated rings. The molecule has 0 aromatic heterocycles. The largest absolute Gasteiger partial charge is 0.450 e. The van der Waals surface area contributed by atoms with Crippen LogP contribution in [0.3, 0.4) is 0 Å². The van der Waals surface area contributed by atoms with E-state index in [9.17, 15) is 18.0 Å². The third-order valence-corrected chi connectivity index (χ3v) is 6.50. The van der Waals surface area contributed by atoms with Crippen molar-refractivity contribution in [3.63, 3.8) is 0 Å². The van der Waals surface area contributed by atoms with E-state index in [4.69, 9.17) is 4.74 Å². The summed E-state index contributed by atoms with van der Waals surface area (Å²) in [5.74, 6) is 0.00935. The molecule has 0 radical (unpaired) electrons. The van der Waals surface area contributed by atoms with E-state index in [0.717, 1.165) is 0 Å². The van der Waals surface area contributed by atoms with E-state index in [1.807, 2.05) is 14.1 Å². The highest BCUT2D eigenvalue weighted by molar-refractivity contribution is 7.86. The highest BCUT2D eigenvalue weighted by atomic mass is 32.2. The summed E-state index contributed by atoms with van der Waals surface area (Å²) in [7, 11) is 0.0767. The molecular weight excluding hydrogens is 362 g/mol. The molecule has 150 valence electrons. The molecule has 0 aromatic carbocycles. The van der Waals surface area contributed by atoms with Crippen LogP contribution in [0.2, 0.25) is 0 Å². The lowest BCUT2D eigenvalue weighted by Crippen LogP contribution is -2.58. The summed E-state index contributed by atoms with van der Waals surface area (Å²) in [4.78, 5) is 28.8. The van der Waals surface area contributed by atoms with Gasteiger partial charge in [0, 0.05) is 52.4 Å². The first-order valence-corrected chi connectivity index (χ1v) is 10.2. The lowest BCUT2D eigenvalue weighted by Gasteiger charge is -2.39. The number of carbonyl (C=O) groups excluding carboxylic acids is 2. The van der Waals surface area contributed by atoms with Gasteiger partial charge in [0.05, 0.1) is 13.2 Å².